The van der Waals surface area contributed by atoms with Crippen molar-refractivity contribution >= 4 is 38.3 Å². The summed E-state index contributed by atoms with van der Waals surface area (Å²) in [5.41, 5.74) is 0. The number of alkyl halides is 1. The molecule has 0 aromatic heterocycles. The highest BCUT2D eigenvalue weighted by Crippen LogP contribution is 2.34. The fourth-order valence-corrected chi connectivity index (χ4v) is 4.12. The van der Waals surface area contributed by atoms with E-state index < -0.39 is 0 Å². The Bertz CT molecular complexity index is 705. The van der Waals surface area contributed by atoms with Gasteiger partial charge in [-0.15, -0.1) is 0 Å². The second-order valence-electron chi connectivity index (χ2n) is 7.68. The Morgan fingerprint density at radius 1 is 0.759 bits per heavy atom. The highest BCUT2D eigenvalue weighted by Gasteiger charge is 2.08. The molecule has 0 unspecified atom stereocenters. The molecule has 0 aliphatic rings. The van der Waals surface area contributed by atoms with Crippen molar-refractivity contribution < 1.29 is 9.47 Å². The van der Waals surface area contributed by atoms with Gasteiger partial charge in [0, 0.05) is 10.7 Å². The van der Waals surface area contributed by atoms with Gasteiger partial charge in [-0.1, -0.05) is 91.9 Å². The molecule has 0 aliphatic carbocycles. The molecule has 0 N–H and O–H groups in total. The van der Waals surface area contributed by atoms with Crippen molar-refractivity contribution in [2.24, 2.45) is 0 Å². The number of hydrogen-bond acceptors (Lipinski definition) is 2. The summed E-state index contributed by atoms with van der Waals surface area (Å²) >= 11 is 10.1. The molecule has 0 amide bonds. The van der Waals surface area contributed by atoms with Gasteiger partial charge in [0.25, 0.3) is 0 Å². The largest absolute Gasteiger partial charge is 0.494 e. The lowest BCUT2D eigenvalue weighted by molar-refractivity contribution is 0.304. The molecule has 0 spiro atoms. The zero-order chi connectivity index (χ0) is 20.7. The average molecular weight is 484 g/mol. The molecule has 0 aliphatic heterocycles. The highest BCUT2D eigenvalue weighted by molar-refractivity contribution is 9.09. The molecule has 0 atom stereocenters. The van der Waals surface area contributed by atoms with Crippen LogP contribution in [0.2, 0.25) is 5.02 Å². The van der Waals surface area contributed by atoms with Crippen LogP contribution in [0.3, 0.4) is 0 Å². The first-order valence-corrected chi connectivity index (χ1v) is 12.8. The first-order valence-electron chi connectivity index (χ1n) is 11.3. The number of fused-ring (bicyclic) bond motifs is 1. The first-order chi connectivity index (χ1) is 14.3. The maximum atomic E-state index is 6.60. The standard InChI is InChI=1S/C25H36BrClO2/c1-2-3-4-8-11-18-28-22-14-15-23-21(20-22)13-16-24(25(23)27)29-19-12-9-6-5-7-10-17-26/h13-16,20H,2-12,17-19H2,1H3. The molecule has 0 heterocycles. The Morgan fingerprint density at radius 3 is 2.14 bits per heavy atom. The topological polar surface area (TPSA) is 18.5 Å². The maximum Gasteiger partial charge on any atom is 0.138 e. The molecule has 0 saturated heterocycles. The zero-order valence-electron chi connectivity index (χ0n) is 17.9. The molecule has 2 rings (SSSR count). The number of unbranched alkanes of at least 4 members (excludes halogenated alkanes) is 9. The van der Waals surface area contributed by atoms with Gasteiger partial charge < -0.3 is 9.47 Å². The summed E-state index contributed by atoms with van der Waals surface area (Å²) in [4.78, 5) is 0. The second-order valence-corrected chi connectivity index (χ2v) is 8.85. The molecule has 2 aromatic rings. The Balaban J connectivity index is 1.77. The summed E-state index contributed by atoms with van der Waals surface area (Å²) in [6.07, 6.45) is 13.7. The van der Waals surface area contributed by atoms with E-state index in [1.807, 2.05) is 18.2 Å². The normalized spacial score (nSPS) is 11.1. The van der Waals surface area contributed by atoms with Gasteiger partial charge in [0.1, 0.15) is 11.5 Å². The third-order valence-electron chi connectivity index (χ3n) is 5.19. The van der Waals surface area contributed by atoms with E-state index >= 15 is 0 Å². The molecule has 162 valence electrons. The van der Waals surface area contributed by atoms with Crippen LogP contribution < -0.4 is 9.47 Å². The Hall–Kier alpha value is -0.930. The summed E-state index contributed by atoms with van der Waals surface area (Å²) < 4.78 is 11.9. The minimum Gasteiger partial charge on any atom is -0.494 e. The van der Waals surface area contributed by atoms with Crippen molar-refractivity contribution in [3.8, 4) is 11.5 Å². The third kappa shape index (κ3) is 9.17. The van der Waals surface area contributed by atoms with E-state index in [4.69, 9.17) is 21.1 Å². The number of ether oxygens (including phenoxy) is 2. The van der Waals surface area contributed by atoms with Crippen LogP contribution in [0.5, 0.6) is 11.5 Å². The molecule has 0 saturated carbocycles. The Labute approximate surface area is 190 Å². The zero-order valence-corrected chi connectivity index (χ0v) is 20.2. The van der Waals surface area contributed by atoms with Crippen LogP contribution in [0.25, 0.3) is 10.8 Å². The van der Waals surface area contributed by atoms with E-state index in [1.165, 1.54) is 57.8 Å². The molecule has 0 bridgehead atoms. The first kappa shape index (κ1) is 24.3. The molecular weight excluding hydrogens is 448 g/mol. The number of rotatable bonds is 16. The highest BCUT2D eigenvalue weighted by atomic mass is 79.9. The van der Waals surface area contributed by atoms with Gasteiger partial charge in [-0.05, 0) is 48.9 Å². The fraction of sp³-hybridized carbons (Fsp3) is 0.600. The average Bonchev–Trinajstić information content (AvgIpc) is 2.74. The molecule has 2 aromatic carbocycles. The Morgan fingerprint density at radius 2 is 1.41 bits per heavy atom. The summed E-state index contributed by atoms with van der Waals surface area (Å²) in [6, 6.07) is 10.2. The lowest BCUT2D eigenvalue weighted by Crippen LogP contribution is -1.99. The number of benzene rings is 2. The van der Waals surface area contributed by atoms with E-state index in [2.05, 4.69) is 35.0 Å². The van der Waals surface area contributed by atoms with Crippen molar-refractivity contribution in [3.63, 3.8) is 0 Å². The van der Waals surface area contributed by atoms with E-state index in [-0.39, 0.29) is 0 Å². The van der Waals surface area contributed by atoms with Crippen molar-refractivity contribution in [3.05, 3.63) is 35.4 Å². The molecule has 2 nitrogen and oxygen atoms in total. The predicted molar refractivity (Wildman–Crippen MR) is 130 cm³/mol. The molecule has 4 heteroatoms. The van der Waals surface area contributed by atoms with Crippen LogP contribution in [-0.2, 0) is 0 Å². The quantitative estimate of drug-likeness (QED) is 0.175. The van der Waals surface area contributed by atoms with Crippen LogP contribution in [0.1, 0.15) is 77.6 Å². The van der Waals surface area contributed by atoms with Crippen LogP contribution >= 0.6 is 27.5 Å². The minimum absolute atomic E-state index is 0.700. The lowest BCUT2D eigenvalue weighted by Gasteiger charge is -2.12. The van der Waals surface area contributed by atoms with Crippen LogP contribution in [-0.4, -0.2) is 18.5 Å². The summed E-state index contributed by atoms with van der Waals surface area (Å²) in [5.74, 6) is 1.70. The van der Waals surface area contributed by atoms with Gasteiger partial charge >= 0.3 is 0 Å². The minimum atomic E-state index is 0.700. The number of halogens is 2. The Kier molecular flexibility index (Phi) is 12.6. The predicted octanol–water partition coefficient (Wildman–Crippen LogP) is 8.96. The summed E-state index contributed by atoms with van der Waals surface area (Å²) in [5, 5.41) is 3.93. The van der Waals surface area contributed by atoms with Gasteiger partial charge in [-0.3, -0.25) is 0 Å². The molecule has 0 fully saturated rings. The fourth-order valence-electron chi connectivity index (χ4n) is 3.43. The third-order valence-corrected chi connectivity index (χ3v) is 6.14. The van der Waals surface area contributed by atoms with E-state index in [9.17, 15) is 0 Å². The molecule has 29 heavy (non-hydrogen) atoms. The van der Waals surface area contributed by atoms with Crippen molar-refractivity contribution in [1.82, 2.24) is 0 Å². The molecule has 0 radical (unpaired) electrons. The van der Waals surface area contributed by atoms with Gasteiger partial charge in [0.2, 0.25) is 0 Å². The monoisotopic (exact) mass is 482 g/mol. The van der Waals surface area contributed by atoms with Crippen molar-refractivity contribution in [1.29, 1.82) is 0 Å². The van der Waals surface area contributed by atoms with Crippen LogP contribution in [0.4, 0.5) is 0 Å². The SMILES string of the molecule is CCCCCCCOc1ccc2c(Cl)c(OCCCCCCCCBr)ccc2c1. The summed E-state index contributed by atoms with van der Waals surface area (Å²) in [6.45, 7) is 3.74. The van der Waals surface area contributed by atoms with E-state index in [0.717, 1.165) is 53.7 Å². The van der Waals surface area contributed by atoms with E-state index in [1.54, 1.807) is 0 Å². The van der Waals surface area contributed by atoms with Crippen LogP contribution in [0, 0.1) is 0 Å². The van der Waals surface area contributed by atoms with E-state index in [0.29, 0.717) is 5.02 Å². The lowest BCUT2D eigenvalue weighted by atomic mass is 10.1. The smallest absolute Gasteiger partial charge is 0.138 e. The number of hydrogen-bond donors (Lipinski definition) is 0. The van der Waals surface area contributed by atoms with Crippen molar-refractivity contribution in [2.45, 2.75) is 77.6 Å². The maximum absolute atomic E-state index is 6.60. The van der Waals surface area contributed by atoms with Gasteiger partial charge in [0.05, 0.1) is 18.2 Å². The van der Waals surface area contributed by atoms with Gasteiger partial charge in [-0.25, -0.2) is 0 Å². The van der Waals surface area contributed by atoms with Gasteiger partial charge in [0.15, 0.2) is 0 Å². The molecular formula is C25H36BrClO2. The summed E-state index contributed by atoms with van der Waals surface area (Å²) in [7, 11) is 0. The van der Waals surface area contributed by atoms with Crippen LogP contribution in [0.15, 0.2) is 30.3 Å². The second kappa shape index (κ2) is 15.0. The van der Waals surface area contributed by atoms with Gasteiger partial charge in [-0.2, -0.15) is 0 Å². The van der Waals surface area contributed by atoms with Crippen molar-refractivity contribution in [2.75, 3.05) is 18.5 Å².